The molecule has 0 radical (unpaired) electrons. The molecule has 0 amide bonds. The van der Waals surface area contributed by atoms with E-state index in [0.717, 1.165) is 29.1 Å². The molecule has 0 aliphatic rings. The second-order valence-electron chi connectivity index (χ2n) is 7.22. The lowest BCUT2D eigenvalue weighted by Gasteiger charge is -2.18. The molecule has 1 heterocycles. The zero-order valence-corrected chi connectivity index (χ0v) is 19.1. The summed E-state index contributed by atoms with van der Waals surface area (Å²) in [6, 6.07) is 7.13. The van der Waals surface area contributed by atoms with Crippen molar-refractivity contribution in [1.29, 1.82) is 0 Å². The summed E-state index contributed by atoms with van der Waals surface area (Å²) in [5.41, 5.74) is 0. The summed E-state index contributed by atoms with van der Waals surface area (Å²) < 4.78 is 83.2. The lowest BCUT2D eigenvalue weighted by Crippen LogP contribution is -2.28. The van der Waals surface area contributed by atoms with E-state index >= 15 is 0 Å². The first-order valence-corrected chi connectivity index (χ1v) is 12.3. The standard InChI is InChI=1S/C21H25F4NO4S2/c1-30-20(27)7-4-5-16-10-13-19(31-16)18(6-2-3-14-21(23,24)25)26-32(28,29)17-11-8-15(22)9-12-17/h8-13,18,26H,2-7,14H2,1H3. The number of sulfonamides is 1. The van der Waals surface area contributed by atoms with Gasteiger partial charge in [0.05, 0.1) is 18.0 Å². The third kappa shape index (κ3) is 8.87. The second kappa shape index (κ2) is 11.8. The Labute approximate surface area is 188 Å². The van der Waals surface area contributed by atoms with E-state index in [2.05, 4.69) is 9.46 Å². The van der Waals surface area contributed by atoms with E-state index in [1.165, 1.54) is 18.4 Å². The Kier molecular flexibility index (Phi) is 9.65. The van der Waals surface area contributed by atoms with Gasteiger partial charge in [-0.2, -0.15) is 13.2 Å². The number of nitrogens with one attached hydrogen (secondary N) is 1. The number of ether oxygens (including phenoxy) is 1. The number of thiophene rings is 1. The van der Waals surface area contributed by atoms with Crippen LogP contribution in [0.2, 0.25) is 0 Å². The number of halogens is 4. The Morgan fingerprint density at radius 1 is 1.09 bits per heavy atom. The summed E-state index contributed by atoms with van der Waals surface area (Å²) in [4.78, 5) is 12.7. The number of hydrogen-bond acceptors (Lipinski definition) is 5. The molecule has 1 unspecified atom stereocenters. The van der Waals surface area contributed by atoms with E-state index in [1.807, 2.05) is 6.07 Å². The van der Waals surface area contributed by atoms with Crippen molar-refractivity contribution >= 4 is 27.3 Å². The van der Waals surface area contributed by atoms with Gasteiger partial charge in [-0.25, -0.2) is 17.5 Å². The Morgan fingerprint density at radius 2 is 1.78 bits per heavy atom. The lowest BCUT2D eigenvalue weighted by atomic mass is 10.1. The van der Waals surface area contributed by atoms with Crippen molar-refractivity contribution in [3.63, 3.8) is 0 Å². The minimum absolute atomic E-state index is 0.115. The first kappa shape index (κ1) is 26.3. The van der Waals surface area contributed by atoms with Gasteiger partial charge in [0.15, 0.2) is 0 Å². The van der Waals surface area contributed by atoms with Gasteiger partial charge >= 0.3 is 12.1 Å². The molecule has 1 aromatic carbocycles. The highest BCUT2D eigenvalue weighted by molar-refractivity contribution is 7.89. The summed E-state index contributed by atoms with van der Waals surface area (Å²) in [5.74, 6) is -0.904. The SMILES string of the molecule is COC(=O)CCCc1ccc(C(CCCCC(F)(F)F)NS(=O)(=O)c2ccc(F)cc2)s1. The molecule has 0 spiro atoms. The number of aryl methyl sites for hydroxylation is 1. The minimum Gasteiger partial charge on any atom is -0.469 e. The number of alkyl halides is 3. The quantitative estimate of drug-likeness (QED) is 0.239. The smallest absolute Gasteiger partial charge is 0.389 e. The minimum atomic E-state index is -4.27. The van der Waals surface area contributed by atoms with Crippen molar-refractivity contribution in [3.05, 3.63) is 52.0 Å². The molecule has 2 rings (SSSR count). The van der Waals surface area contributed by atoms with Crippen LogP contribution in [0.4, 0.5) is 17.6 Å². The summed E-state index contributed by atoms with van der Waals surface area (Å²) in [6.07, 6.45) is -3.57. The molecule has 178 valence electrons. The molecular formula is C21H25F4NO4S2. The maximum absolute atomic E-state index is 13.1. The molecule has 0 fully saturated rings. The van der Waals surface area contributed by atoms with Gasteiger partial charge in [-0.05, 0) is 62.1 Å². The fourth-order valence-electron chi connectivity index (χ4n) is 3.03. The number of carbonyl (C=O) groups is 1. The second-order valence-corrected chi connectivity index (χ2v) is 10.1. The summed E-state index contributed by atoms with van der Waals surface area (Å²) in [7, 11) is -2.70. The number of methoxy groups -OCH3 is 1. The van der Waals surface area contributed by atoms with Gasteiger partial charge in [-0.1, -0.05) is 6.42 Å². The fourth-order valence-corrected chi connectivity index (χ4v) is 5.49. The van der Waals surface area contributed by atoms with E-state index in [4.69, 9.17) is 0 Å². The number of esters is 1. The highest BCUT2D eigenvalue weighted by atomic mass is 32.2. The zero-order valence-electron chi connectivity index (χ0n) is 17.5. The van der Waals surface area contributed by atoms with Crippen molar-refractivity contribution in [2.45, 2.75) is 62.1 Å². The molecule has 0 bridgehead atoms. The molecule has 32 heavy (non-hydrogen) atoms. The van der Waals surface area contributed by atoms with Crippen molar-refractivity contribution < 1.29 is 35.5 Å². The summed E-state index contributed by atoms with van der Waals surface area (Å²) in [6.45, 7) is 0. The molecule has 2 aromatic rings. The van der Waals surface area contributed by atoms with Crippen molar-refractivity contribution in [2.75, 3.05) is 7.11 Å². The third-order valence-electron chi connectivity index (χ3n) is 4.68. The van der Waals surface area contributed by atoms with Crippen molar-refractivity contribution in [1.82, 2.24) is 4.72 Å². The van der Waals surface area contributed by atoms with Crippen LogP contribution in [0, 0.1) is 5.82 Å². The van der Waals surface area contributed by atoms with Gasteiger partial charge in [0.25, 0.3) is 0 Å². The molecule has 0 saturated carbocycles. The van der Waals surface area contributed by atoms with Crippen LogP contribution < -0.4 is 4.72 Å². The van der Waals surface area contributed by atoms with E-state index in [9.17, 15) is 30.8 Å². The van der Waals surface area contributed by atoms with Crippen LogP contribution in [0.15, 0.2) is 41.3 Å². The van der Waals surface area contributed by atoms with Crippen LogP contribution in [-0.2, 0) is 26.0 Å². The van der Waals surface area contributed by atoms with Gasteiger partial charge in [-0.15, -0.1) is 11.3 Å². The number of hydrogen-bond donors (Lipinski definition) is 1. The highest BCUT2D eigenvalue weighted by Crippen LogP contribution is 2.31. The topological polar surface area (TPSA) is 72.5 Å². The van der Waals surface area contributed by atoms with Crippen LogP contribution in [0.3, 0.4) is 0 Å². The van der Waals surface area contributed by atoms with Gasteiger partial charge < -0.3 is 4.74 Å². The summed E-state index contributed by atoms with van der Waals surface area (Å²) >= 11 is 1.34. The Hall–Kier alpha value is -1.98. The zero-order chi connectivity index (χ0) is 23.8. The largest absolute Gasteiger partial charge is 0.469 e. The van der Waals surface area contributed by atoms with Crippen LogP contribution in [0.5, 0.6) is 0 Å². The van der Waals surface area contributed by atoms with E-state index in [-0.39, 0.29) is 36.5 Å². The average molecular weight is 496 g/mol. The first-order chi connectivity index (χ1) is 15.0. The molecule has 1 atom stereocenters. The van der Waals surface area contributed by atoms with Gasteiger partial charge in [0, 0.05) is 22.6 Å². The lowest BCUT2D eigenvalue weighted by molar-refractivity contribution is -0.140. The van der Waals surface area contributed by atoms with Gasteiger partial charge in [0.2, 0.25) is 10.0 Å². The van der Waals surface area contributed by atoms with Crippen molar-refractivity contribution in [3.8, 4) is 0 Å². The fraction of sp³-hybridized carbons (Fsp3) is 0.476. The Bertz CT molecular complexity index is 972. The molecular weight excluding hydrogens is 470 g/mol. The maximum atomic E-state index is 13.1. The molecule has 1 aromatic heterocycles. The maximum Gasteiger partial charge on any atom is 0.389 e. The average Bonchev–Trinajstić information content (AvgIpc) is 3.18. The number of benzene rings is 1. The Balaban J connectivity index is 2.11. The number of carbonyl (C=O) groups excluding carboxylic acids is 1. The molecule has 1 N–H and O–H groups in total. The predicted octanol–water partition coefficient (Wildman–Crippen LogP) is 5.53. The van der Waals surface area contributed by atoms with E-state index < -0.39 is 34.5 Å². The highest BCUT2D eigenvalue weighted by Gasteiger charge is 2.27. The first-order valence-electron chi connectivity index (χ1n) is 10.0. The van der Waals surface area contributed by atoms with Gasteiger partial charge in [0.1, 0.15) is 5.82 Å². The third-order valence-corrected chi connectivity index (χ3v) is 7.43. The van der Waals surface area contributed by atoms with E-state index in [0.29, 0.717) is 17.7 Å². The van der Waals surface area contributed by atoms with Crippen LogP contribution >= 0.6 is 11.3 Å². The Morgan fingerprint density at radius 3 is 2.41 bits per heavy atom. The monoisotopic (exact) mass is 495 g/mol. The predicted molar refractivity (Wildman–Crippen MR) is 113 cm³/mol. The molecule has 5 nitrogen and oxygen atoms in total. The van der Waals surface area contributed by atoms with Crippen LogP contribution in [0.25, 0.3) is 0 Å². The molecule has 0 aliphatic carbocycles. The van der Waals surface area contributed by atoms with Crippen LogP contribution in [-0.4, -0.2) is 27.7 Å². The number of rotatable bonds is 12. The molecule has 0 aliphatic heterocycles. The van der Waals surface area contributed by atoms with E-state index in [1.54, 1.807) is 6.07 Å². The molecule has 11 heteroatoms. The van der Waals surface area contributed by atoms with Crippen molar-refractivity contribution in [2.24, 2.45) is 0 Å². The number of unbranched alkanes of at least 4 members (excludes halogenated alkanes) is 1. The van der Waals surface area contributed by atoms with Crippen LogP contribution in [0.1, 0.15) is 54.3 Å². The molecule has 0 saturated heterocycles. The summed E-state index contributed by atoms with van der Waals surface area (Å²) in [5, 5.41) is 0. The van der Waals surface area contributed by atoms with Gasteiger partial charge in [-0.3, -0.25) is 4.79 Å². The normalized spacial score (nSPS) is 13.2.